The number of hydrogen-bond donors (Lipinski definition) is 1. The number of hydrogen-bond acceptors (Lipinski definition) is 4. The first-order valence-electron chi connectivity index (χ1n) is 8.87. The maximum atomic E-state index is 12.5. The minimum absolute atomic E-state index is 0.0176. The predicted octanol–water partition coefficient (Wildman–Crippen LogP) is 0.548. The molecule has 0 radical (unpaired) electrons. The van der Waals surface area contributed by atoms with Crippen molar-refractivity contribution >= 4 is 11.8 Å². The number of benzene rings is 1. The molecule has 2 heterocycles. The summed E-state index contributed by atoms with van der Waals surface area (Å²) in [5, 5.41) is 14.3. The average Bonchev–Trinajstić information content (AvgIpc) is 3.12. The molecule has 0 saturated carbocycles. The van der Waals surface area contributed by atoms with Crippen LogP contribution in [-0.2, 0) is 22.6 Å². The van der Waals surface area contributed by atoms with Gasteiger partial charge in [-0.1, -0.05) is 30.3 Å². The highest BCUT2D eigenvalue weighted by Gasteiger charge is 2.28. The molecule has 1 aromatic heterocycles. The lowest BCUT2D eigenvalue weighted by Gasteiger charge is -2.22. The highest BCUT2D eigenvalue weighted by molar-refractivity contribution is 5.85. The van der Waals surface area contributed by atoms with Crippen LogP contribution in [0.2, 0.25) is 0 Å². The van der Waals surface area contributed by atoms with Crippen LogP contribution in [0.25, 0.3) is 0 Å². The van der Waals surface area contributed by atoms with Crippen molar-refractivity contribution in [3.63, 3.8) is 0 Å². The molecule has 0 aliphatic carbocycles. The summed E-state index contributed by atoms with van der Waals surface area (Å²) in [7, 11) is 0. The second kappa shape index (κ2) is 8.62. The highest BCUT2D eigenvalue weighted by Crippen LogP contribution is 2.09. The summed E-state index contributed by atoms with van der Waals surface area (Å²) >= 11 is 0. The Morgan fingerprint density at radius 2 is 1.96 bits per heavy atom. The zero-order valence-electron chi connectivity index (χ0n) is 14.7. The summed E-state index contributed by atoms with van der Waals surface area (Å²) in [6, 6.07) is 11.7. The number of aromatic nitrogens is 2. The van der Waals surface area contributed by atoms with Crippen LogP contribution in [0.1, 0.15) is 12.0 Å². The zero-order chi connectivity index (χ0) is 18.4. The normalized spacial score (nSPS) is 18.0. The lowest BCUT2D eigenvalue weighted by atomic mass is 10.1. The van der Waals surface area contributed by atoms with Gasteiger partial charge in [-0.05, 0) is 18.1 Å². The van der Waals surface area contributed by atoms with Crippen LogP contribution >= 0.6 is 0 Å². The highest BCUT2D eigenvalue weighted by atomic mass is 16.3. The van der Waals surface area contributed by atoms with E-state index in [2.05, 4.69) is 5.10 Å². The van der Waals surface area contributed by atoms with Crippen LogP contribution in [0.5, 0.6) is 0 Å². The Morgan fingerprint density at radius 1 is 1.15 bits per heavy atom. The second-order valence-electron chi connectivity index (χ2n) is 6.52. The van der Waals surface area contributed by atoms with Crippen molar-refractivity contribution in [1.29, 1.82) is 0 Å². The molecule has 7 heteroatoms. The molecule has 1 unspecified atom stereocenters. The van der Waals surface area contributed by atoms with Crippen molar-refractivity contribution < 1.29 is 14.7 Å². The Labute approximate surface area is 152 Å². The van der Waals surface area contributed by atoms with Crippen LogP contribution in [0.4, 0.5) is 0 Å². The van der Waals surface area contributed by atoms with Crippen LogP contribution in [0.3, 0.4) is 0 Å². The lowest BCUT2D eigenvalue weighted by Crippen LogP contribution is -2.40. The molecule has 0 spiro atoms. The van der Waals surface area contributed by atoms with Crippen LogP contribution in [0.15, 0.2) is 48.8 Å². The summed E-state index contributed by atoms with van der Waals surface area (Å²) in [6.07, 6.45) is 3.71. The Balaban J connectivity index is 1.54. The molecular formula is C19H24N4O3. The average molecular weight is 356 g/mol. The maximum absolute atomic E-state index is 12.5. The fraction of sp³-hybridized carbons (Fsp3) is 0.421. The minimum atomic E-state index is -0.731. The van der Waals surface area contributed by atoms with Gasteiger partial charge in [0.25, 0.3) is 0 Å². The van der Waals surface area contributed by atoms with Crippen LogP contribution < -0.4 is 0 Å². The van der Waals surface area contributed by atoms with E-state index in [1.54, 1.807) is 28.0 Å². The summed E-state index contributed by atoms with van der Waals surface area (Å²) < 4.78 is 1.68. The van der Waals surface area contributed by atoms with Gasteiger partial charge in [0.2, 0.25) is 11.8 Å². The van der Waals surface area contributed by atoms with Crippen molar-refractivity contribution in [2.45, 2.75) is 25.5 Å². The third-order valence-electron chi connectivity index (χ3n) is 4.52. The molecule has 138 valence electrons. The van der Waals surface area contributed by atoms with Gasteiger partial charge in [0.15, 0.2) is 0 Å². The Kier molecular flexibility index (Phi) is 6.01. The minimum Gasteiger partial charge on any atom is -0.389 e. The predicted molar refractivity (Wildman–Crippen MR) is 96.2 cm³/mol. The van der Waals surface area contributed by atoms with E-state index in [1.807, 2.05) is 30.3 Å². The van der Waals surface area contributed by atoms with Gasteiger partial charge >= 0.3 is 0 Å². The van der Waals surface area contributed by atoms with E-state index in [0.29, 0.717) is 13.1 Å². The number of nitrogens with zero attached hydrogens (tertiary/aromatic N) is 4. The van der Waals surface area contributed by atoms with Gasteiger partial charge in [-0.2, -0.15) is 5.10 Å². The molecule has 0 bridgehead atoms. The summed E-state index contributed by atoms with van der Waals surface area (Å²) in [6.45, 7) is 1.46. The fourth-order valence-electron chi connectivity index (χ4n) is 3.11. The molecule has 1 atom stereocenters. The molecule has 1 aliphatic rings. The van der Waals surface area contributed by atoms with E-state index in [4.69, 9.17) is 0 Å². The summed E-state index contributed by atoms with van der Waals surface area (Å²) in [5.41, 5.74) is 1.14. The van der Waals surface area contributed by atoms with E-state index < -0.39 is 6.10 Å². The smallest absolute Gasteiger partial charge is 0.242 e. The van der Waals surface area contributed by atoms with Crippen molar-refractivity contribution in [1.82, 2.24) is 19.6 Å². The molecular weight excluding hydrogens is 332 g/mol. The van der Waals surface area contributed by atoms with Crippen molar-refractivity contribution in [3.8, 4) is 0 Å². The van der Waals surface area contributed by atoms with Crippen LogP contribution in [0, 0.1) is 0 Å². The number of aliphatic hydroxyl groups is 1. The number of β-amino-alcohol motifs (C(OH)–C–C–N with tert-alkyl or cyclic N) is 1. The third-order valence-corrected chi connectivity index (χ3v) is 4.52. The number of aliphatic hydroxyl groups excluding tert-OH is 1. The SMILES string of the molecule is O=C1CN(C(=O)CCn2cccn2)CC(O)CN1CCc1ccccc1. The molecule has 2 amide bonds. The third kappa shape index (κ3) is 4.92. The molecule has 7 nitrogen and oxygen atoms in total. The molecule has 1 aromatic carbocycles. The van der Waals surface area contributed by atoms with E-state index in [9.17, 15) is 14.7 Å². The standard InChI is InChI=1S/C19H24N4O3/c24-17-13-21(11-7-16-5-2-1-3-6-16)19(26)15-22(14-17)18(25)8-12-23-10-4-9-20-23/h1-6,9-10,17,24H,7-8,11-15H2. The summed E-state index contributed by atoms with van der Waals surface area (Å²) in [5.74, 6) is -0.261. The topological polar surface area (TPSA) is 78.7 Å². The fourth-order valence-corrected chi connectivity index (χ4v) is 3.11. The molecule has 26 heavy (non-hydrogen) atoms. The van der Waals surface area contributed by atoms with Gasteiger partial charge in [-0.3, -0.25) is 14.3 Å². The van der Waals surface area contributed by atoms with Gasteiger partial charge in [-0.15, -0.1) is 0 Å². The quantitative estimate of drug-likeness (QED) is 0.820. The Bertz CT molecular complexity index is 718. The van der Waals surface area contributed by atoms with Gasteiger partial charge in [0.05, 0.1) is 12.6 Å². The molecule has 1 saturated heterocycles. The van der Waals surface area contributed by atoms with Crippen molar-refractivity contribution in [2.75, 3.05) is 26.2 Å². The first kappa shape index (κ1) is 18.1. The number of rotatable bonds is 6. The summed E-state index contributed by atoms with van der Waals surface area (Å²) in [4.78, 5) is 28.1. The molecule has 1 aliphatic heterocycles. The number of carbonyl (C=O) groups is 2. The zero-order valence-corrected chi connectivity index (χ0v) is 14.7. The molecule has 1 fully saturated rings. The maximum Gasteiger partial charge on any atom is 0.242 e. The van der Waals surface area contributed by atoms with Gasteiger partial charge in [0, 0.05) is 45.0 Å². The second-order valence-corrected chi connectivity index (χ2v) is 6.52. The van der Waals surface area contributed by atoms with E-state index >= 15 is 0 Å². The first-order chi connectivity index (χ1) is 12.6. The van der Waals surface area contributed by atoms with E-state index in [1.165, 1.54) is 4.90 Å². The monoisotopic (exact) mass is 356 g/mol. The lowest BCUT2D eigenvalue weighted by molar-refractivity contribution is -0.138. The van der Waals surface area contributed by atoms with E-state index in [0.717, 1.165) is 12.0 Å². The Morgan fingerprint density at radius 3 is 2.69 bits per heavy atom. The molecule has 3 rings (SSSR count). The van der Waals surface area contributed by atoms with Crippen molar-refractivity contribution in [2.24, 2.45) is 0 Å². The van der Waals surface area contributed by atoms with Gasteiger partial charge in [0.1, 0.15) is 0 Å². The Hall–Kier alpha value is -2.67. The van der Waals surface area contributed by atoms with E-state index in [-0.39, 0.29) is 37.9 Å². The van der Waals surface area contributed by atoms with Crippen LogP contribution in [-0.4, -0.2) is 68.8 Å². The molecule has 2 aromatic rings. The van der Waals surface area contributed by atoms with Gasteiger partial charge < -0.3 is 14.9 Å². The largest absolute Gasteiger partial charge is 0.389 e. The number of aryl methyl sites for hydroxylation is 1. The van der Waals surface area contributed by atoms with Gasteiger partial charge in [-0.25, -0.2) is 0 Å². The molecule has 1 N–H and O–H groups in total. The van der Waals surface area contributed by atoms with Crippen molar-refractivity contribution in [3.05, 3.63) is 54.4 Å². The number of amides is 2. The number of carbonyl (C=O) groups excluding carboxylic acids is 2. The first-order valence-corrected chi connectivity index (χ1v) is 8.87.